The van der Waals surface area contributed by atoms with Gasteiger partial charge in [-0.25, -0.2) is 0 Å². The maximum Gasteiger partial charge on any atom is 0.160 e. The Morgan fingerprint density at radius 3 is 2.34 bits per heavy atom. The van der Waals surface area contributed by atoms with Crippen molar-refractivity contribution in [3.05, 3.63) is 53.6 Å². The summed E-state index contributed by atoms with van der Waals surface area (Å²) in [6, 6.07) is 14.9. The predicted octanol–water partition coefficient (Wildman–Crippen LogP) is 6.11. The molecule has 1 aliphatic heterocycles. The van der Waals surface area contributed by atoms with Crippen LogP contribution in [0.2, 0.25) is 0 Å². The van der Waals surface area contributed by atoms with Crippen molar-refractivity contribution < 1.29 is 14.2 Å². The quantitative estimate of drug-likeness (QED) is 0.372. The lowest BCUT2D eigenvalue weighted by Crippen LogP contribution is -2.27. The largest absolute Gasteiger partial charge is 0.497 e. The van der Waals surface area contributed by atoms with Crippen LogP contribution < -0.4 is 14.2 Å². The molecule has 1 aliphatic rings. The van der Waals surface area contributed by atoms with E-state index in [1.807, 2.05) is 12.1 Å². The first-order valence-electron chi connectivity index (χ1n) is 10.9. The SMILES string of the molecule is COc1cccc(C2(CCCN(C)CCc3ccc(OC)c(OC)c3)SCCCS2)c1.Cl. The molecule has 0 aliphatic carbocycles. The number of likely N-dealkylation sites (N-methyl/N-ethyl adjacent to an activating group) is 1. The fourth-order valence-corrected chi connectivity index (χ4v) is 7.36. The Bertz CT molecular complexity index is 831. The van der Waals surface area contributed by atoms with Gasteiger partial charge in [-0.2, -0.15) is 0 Å². The third-order valence-electron chi connectivity index (χ3n) is 5.74. The van der Waals surface area contributed by atoms with E-state index in [1.54, 1.807) is 21.3 Å². The molecule has 2 aromatic carbocycles. The van der Waals surface area contributed by atoms with Crippen LogP contribution in [-0.2, 0) is 10.5 Å². The molecule has 178 valence electrons. The van der Waals surface area contributed by atoms with E-state index in [9.17, 15) is 0 Å². The van der Waals surface area contributed by atoms with Crippen LogP contribution in [0.5, 0.6) is 17.2 Å². The first kappa shape index (κ1) is 27.0. The van der Waals surface area contributed by atoms with Crippen LogP contribution in [0.4, 0.5) is 0 Å². The molecule has 0 aromatic heterocycles. The maximum atomic E-state index is 5.49. The van der Waals surface area contributed by atoms with E-state index >= 15 is 0 Å². The van der Waals surface area contributed by atoms with Crippen LogP contribution in [0, 0.1) is 0 Å². The number of nitrogens with zero attached hydrogens (tertiary/aromatic N) is 1. The molecule has 0 spiro atoms. The van der Waals surface area contributed by atoms with E-state index in [4.69, 9.17) is 14.2 Å². The van der Waals surface area contributed by atoms with Crippen LogP contribution >= 0.6 is 35.9 Å². The van der Waals surface area contributed by atoms with E-state index in [0.717, 1.165) is 36.8 Å². The summed E-state index contributed by atoms with van der Waals surface area (Å²) in [6.07, 6.45) is 4.66. The van der Waals surface area contributed by atoms with Gasteiger partial charge in [0.25, 0.3) is 0 Å². The second-order valence-corrected chi connectivity index (χ2v) is 10.9. The lowest BCUT2D eigenvalue weighted by molar-refractivity contribution is 0.327. The fourth-order valence-electron chi connectivity index (χ4n) is 3.94. The van der Waals surface area contributed by atoms with Gasteiger partial charge in [-0.15, -0.1) is 35.9 Å². The van der Waals surface area contributed by atoms with Gasteiger partial charge in [0.2, 0.25) is 0 Å². The van der Waals surface area contributed by atoms with Crippen molar-refractivity contribution in [2.24, 2.45) is 0 Å². The van der Waals surface area contributed by atoms with Gasteiger partial charge in [0.15, 0.2) is 11.5 Å². The summed E-state index contributed by atoms with van der Waals surface area (Å²) in [5.41, 5.74) is 2.67. The maximum absolute atomic E-state index is 5.49. The Hall–Kier alpha value is -1.21. The number of methoxy groups -OCH3 is 3. The molecule has 0 N–H and O–H groups in total. The van der Waals surface area contributed by atoms with Gasteiger partial charge in [-0.05, 0) is 86.2 Å². The highest BCUT2D eigenvalue weighted by molar-refractivity contribution is 8.18. The second-order valence-electron chi connectivity index (χ2n) is 7.88. The molecular weight excluding hydrogens is 462 g/mol. The summed E-state index contributed by atoms with van der Waals surface area (Å²) in [7, 11) is 7.33. The summed E-state index contributed by atoms with van der Waals surface area (Å²) in [5, 5.41) is 0. The Morgan fingerprint density at radius 2 is 1.66 bits per heavy atom. The normalized spacial score (nSPS) is 15.2. The van der Waals surface area contributed by atoms with E-state index in [0.29, 0.717) is 0 Å². The van der Waals surface area contributed by atoms with Gasteiger partial charge in [0, 0.05) is 6.54 Å². The number of halogens is 1. The average Bonchev–Trinajstić information content (AvgIpc) is 2.83. The molecule has 0 unspecified atom stereocenters. The van der Waals surface area contributed by atoms with Gasteiger partial charge in [-0.3, -0.25) is 0 Å². The minimum atomic E-state index is 0. The molecule has 2 aromatic rings. The average molecular weight is 498 g/mol. The monoisotopic (exact) mass is 497 g/mol. The fraction of sp³-hybridized carbons (Fsp3) is 0.520. The predicted molar refractivity (Wildman–Crippen MR) is 141 cm³/mol. The van der Waals surface area contributed by atoms with Crippen molar-refractivity contribution in [2.75, 3.05) is 53.0 Å². The number of thioether (sulfide) groups is 2. The summed E-state index contributed by atoms with van der Waals surface area (Å²) >= 11 is 4.23. The zero-order chi connectivity index (χ0) is 22.1. The van der Waals surface area contributed by atoms with Crippen LogP contribution in [-0.4, -0.2) is 57.9 Å². The van der Waals surface area contributed by atoms with Crippen LogP contribution in [0.1, 0.15) is 30.4 Å². The first-order chi connectivity index (χ1) is 15.1. The summed E-state index contributed by atoms with van der Waals surface area (Å²) < 4.78 is 16.4. The van der Waals surface area contributed by atoms with E-state index in [2.05, 4.69) is 65.8 Å². The molecule has 0 bridgehead atoms. The van der Waals surface area contributed by atoms with Crippen LogP contribution in [0.15, 0.2) is 42.5 Å². The topological polar surface area (TPSA) is 30.9 Å². The highest BCUT2D eigenvalue weighted by Crippen LogP contribution is 2.53. The molecule has 1 heterocycles. The van der Waals surface area contributed by atoms with Gasteiger partial charge < -0.3 is 19.1 Å². The molecule has 0 saturated carbocycles. The van der Waals surface area contributed by atoms with Crippen molar-refractivity contribution in [2.45, 2.75) is 29.8 Å². The first-order valence-corrected chi connectivity index (χ1v) is 12.9. The van der Waals surface area contributed by atoms with E-state index in [-0.39, 0.29) is 16.5 Å². The molecule has 0 amide bonds. The number of hydrogen-bond acceptors (Lipinski definition) is 6. The summed E-state index contributed by atoms with van der Waals surface area (Å²) in [4.78, 5) is 2.44. The smallest absolute Gasteiger partial charge is 0.160 e. The third kappa shape index (κ3) is 7.14. The second kappa shape index (κ2) is 13.5. The molecule has 7 heteroatoms. The molecule has 3 rings (SSSR count). The third-order valence-corrected chi connectivity index (χ3v) is 9.25. The zero-order valence-corrected chi connectivity index (χ0v) is 22.0. The number of benzene rings is 2. The molecule has 1 saturated heterocycles. The minimum absolute atomic E-state index is 0. The molecule has 0 atom stereocenters. The lowest BCUT2D eigenvalue weighted by Gasteiger charge is -2.37. The van der Waals surface area contributed by atoms with Crippen molar-refractivity contribution in [3.63, 3.8) is 0 Å². The standard InChI is InChI=1S/C25H35NO3S2.ClH/c1-26(15-12-20-10-11-23(28-3)24(18-20)29-4)14-6-13-25(30-16-7-17-31-25)21-8-5-9-22(19-21)27-2;/h5,8-11,18-19H,6-7,12-17H2,1-4H3;1H. The Labute approximate surface area is 208 Å². The van der Waals surface area contributed by atoms with Crippen molar-refractivity contribution >= 4 is 35.9 Å². The van der Waals surface area contributed by atoms with Crippen LogP contribution in [0.25, 0.3) is 0 Å². The molecule has 1 fully saturated rings. The van der Waals surface area contributed by atoms with Crippen molar-refractivity contribution in [1.82, 2.24) is 4.90 Å². The van der Waals surface area contributed by atoms with Gasteiger partial charge in [0.05, 0.1) is 25.4 Å². The Morgan fingerprint density at radius 1 is 0.906 bits per heavy atom. The molecular formula is C25H36ClNO3S2. The van der Waals surface area contributed by atoms with E-state index in [1.165, 1.54) is 41.9 Å². The molecule has 32 heavy (non-hydrogen) atoms. The number of ether oxygens (including phenoxy) is 3. The molecule has 0 radical (unpaired) electrons. The summed E-state index contributed by atoms with van der Waals surface area (Å²) in [6.45, 7) is 2.13. The Balaban J connectivity index is 0.00000363. The number of hydrogen-bond donors (Lipinski definition) is 0. The zero-order valence-electron chi connectivity index (χ0n) is 19.6. The molecule has 4 nitrogen and oxygen atoms in total. The highest BCUT2D eigenvalue weighted by Gasteiger charge is 2.35. The lowest BCUT2D eigenvalue weighted by atomic mass is 10.1. The van der Waals surface area contributed by atoms with Crippen LogP contribution in [0.3, 0.4) is 0 Å². The van der Waals surface area contributed by atoms with Crippen molar-refractivity contribution in [1.29, 1.82) is 0 Å². The summed E-state index contributed by atoms with van der Waals surface area (Å²) in [5.74, 6) is 5.01. The van der Waals surface area contributed by atoms with Gasteiger partial charge in [0.1, 0.15) is 5.75 Å². The van der Waals surface area contributed by atoms with Crippen molar-refractivity contribution in [3.8, 4) is 17.2 Å². The van der Waals surface area contributed by atoms with Gasteiger partial charge >= 0.3 is 0 Å². The highest BCUT2D eigenvalue weighted by atomic mass is 35.5. The van der Waals surface area contributed by atoms with E-state index < -0.39 is 0 Å². The van der Waals surface area contributed by atoms with Gasteiger partial charge in [-0.1, -0.05) is 18.2 Å². The minimum Gasteiger partial charge on any atom is -0.497 e. The Kier molecular flexibility index (Phi) is 11.4. The number of rotatable bonds is 11.